The maximum atomic E-state index is 13.8. The molecule has 14 heteroatoms. The minimum absolute atomic E-state index is 0.153. The summed E-state index contributed by atoms with van der Waals surface area (Å²) in [5, 5.41) is 0. The highest BCUT2D eigenvalue weighted by molar-refractivity contribution is 5.96. The number of nitrogens with zero attached hydrogens (tertiary/aromatic N) is 6. The van der Waals surface area contributed by atoms with E-state index in [0.717, 1.165) is 78.4 Å². The van der Waals surface area contributed by atoms with Crippen LogP contribution in [-0.4, -0.2) is 53.8 Å². The predicted molar refractivity (Wildman–Crippen MR) is 368 cm³/mol. The Kier molecular flexibility index (Phi) is 17.3. The number of pyridine rings is 6. The number of carbonyl (C=O) groups is 4. The zero-order valence-electron chi connectivity index (χ0n) is 51.0. The van der Waals surface area contributed by atoms with E-state index in [1.54, 1.807) is 110 Å². The van der Waals surface area contributed by atoms with Crippen LogP contribution in [-0.2, 0) is 0 Å². The van der Waals surface area contributed by atoms with Crippen LogP contribution < -0.4 is 18.9 Å². The Morgan fingerprint density at radius 2 is 0.448 bits per heavy atom. The van der Waals surface area contributed by atoms with E-state index >= 15 is 0 Å². The Bertz CT molecular complexity index is 4570. The number of benzene rings is 8. The molecule has 0 saturated carbocycles. The third-order valence-electron chi connectivity index (χ3n) is 15.8. The summed E-state index contributed by atoms with van der Waals surface area (Å²) in [7, 11) is 0. The van der Waals surface area contributed by atoms with Crippen LogP contribution in [0, 0.1) is 0 Å². The van der Waals surface area contributed by atoms with E-state index in [4.69, 9.17) is 28.9 Å². The molecule has 8 aromatic carbocycles. The van der Waals surface area contributed by atoms with E-state index in [1.165, 1.54) is 12.1 Å². The fraction of sp³-hybridized carbons (Fsp3) is 0. The Morgan fingerprint density at radius 1 is 0.208 bits per heavy atom. The molecule has 0 N–H and O–H groups in total. The molecule has 0 aliphatic carbocycles. The summed E-state index contributed by atoms with van der Waals surface area (Å²) in [6, 6.07) is 83.6. The van der Waals surface area contributed by atoms with Gasteiger partial charge in [-0.05, 0) is 167 Å². The maximum Gasteiger partial charge on any atom is 0.343 e. The molecule has 0 aliphatic rings. The third kappa shape index (κ3) is 13.7. The monoisotopic (exact) mass is 1250 g/mol. The summed E-state index contributed by atoms with van der Waals surface area (Å²) in [5.74, 6) is -1.83. The van der Waals surface area contributed by atoms with Crippen LogP contribution in [0.2, 0.25) is 0 Å². The SMILES string of the molecule is O=C(Oc1cc(OC(=O)c2ccc(-c3ccccn3)cc2)cc(-c2ccccc2-c2ccc(-c3ccc(-c4ccccc4-c4cc(OC(=O)c5ccc(-c6ccccn6)cc5)cc(OC(=O)c5ccc(-c6ccccn6)cc5)c4)cn3)nc2)c1)c1ccc(-c2ccccn2)cc1. The van der Waals surface area contributed by atoms with Crippen LogP contribution in [0.4, 0.5) is 0 Å². The molecule has 0 saturated heterocycles. The van der Waals surface area contributed by atoms with Crippen molar-refractivity contribution >= 4 is 23.9 Å². The number of rotatable bonds is 17. The van der Waals surface area contributed by atoms with E-state index in [1.807, 2.05) is 194 Å². The first-order valence-electron chi connectivity index (χ1n) is 30.5. The first-order valence-corrected chi connectivity index (χ1v) is 30.5. The van der Waals surface area contributed by atoms with Crippen LogP contribution >= 0.6 is 0 Å². The van der Waals surface area contributed by atoms with Crippen LogP contribution in [0.25, 0.3) is 101 Å². The first kappa shape index (κ1) is 60.1. The van der Waals surface area contributed by atoms with Gasteiger partial charge >= 0.3 is 23.9 Å². The molecule has 458 valence electrons. The summed E-state index contributed by atoms with van der Waals surface area (Å²) < 4.78 is 24.2. The average Bonchev–Trinajstić information content (AvgIpc) is 0.861. The second kappa shape index (κ2) is 27.6. The van der Waals surface area contributed by atoms with Crippen molar-refractivity contribution in [3.8, 4) is 124 Å². The highest BCUT2D eigenvalue weighted by Gasteiger charge is 2.21. The molecule has 0 fully saturated rings. The van der Waals surface area contributed by atoms with Crippen molar-refractivity contribution in [3.63, 3.8) is 0 Å². The van der Waals surface area contributed by atoms with E-state index in [2.05, 4.69) is 19.9 Å². The highest BCUT2D eigenvalue weighted by Crippen LogP contribution is 2.40. The van der Waals surface area contributed by atoms with Gasteiger partial charge in [-0.3, -0.25) is 29.9 Å². The normalized spacial score (nSPS) is 10.9. The Balaban J connectivity index is 0.730. The molecule has 6 aromatic heterocycles. The highest BCUT2D eigenvalue weighted by atomic mass is 16.6. The van der Waals surface area contributed by atoms with Crippen molar-refractivity contribution in [2.45, 2.75) is 0 Å². The summed E-state index contributed by atoms with van der Waals surface area (Å²) in [6.45, 7) is 0. The van der Waals surface area contributed by atoms with Crippen molar-refractivity contribution < 1.29 is 38.1 Å². The smallest absolute Gasteiger partial charge is 0.343 e. The fourth-order valence-electron chi connectivity index (χ4n) is 11.0. The molecule has 0 aliphatic heterocycles. The van der Waals surface area contributed by atoms with Gasteiger partial charge in [-0.15, -0.1) is 0 Å². The lowest BCUT2D eigenvalue weighted by Crippen LogP contribution is -2.10. The maximum absolute atomic E-state index is 13.8. The van der Waals surface area contributed by atoms with Crippen molar-refractivity contribution in [2.75, 3.05) is 0 Å². The largest absolute Gasteiger partial charge is 0.423 e. The van der Waals surface area contributed by atoms with Crippen molar-refractivity contribution in [3.05, 3.63) is 338 Å². The summed E-state index contributed by atoms with van der Waals surface area (Å²) in [6.07, 6.45) is 10.4. The molecule has 0 atom stereocenters. The Hall–Kier alpha value is -13.5. The molecule has 96 heavy (non-hydrogen) atoms. The molecule has 0 radical (unpaired) electrons. The lowest BCUT2D eigenvalue weighted by Gasteiger charge is -2.15. The number of aromatic nitrogens is 6. The lowest BCUT2D eigenvalue weighted by atomic mass is 9.94. The van der Waals surface area contributed by atoms with Crippen molar-refractivity contribution in [2.24, 2.45) is 0 Å². The quantitative estimate of drug-likeness (QED) is 0.0620. The van der Waals surface area contributed by atoms with Gasteiger partial charge in [0.1, 0.15) is 23.0 Å². The van der Waals surface area contributed by atoms with Crippen LogP contribution in [0.3, 0.4) is 0 Å². The van der Waals surface area contributed by atoms with Gasteiger partial charge in [-0.2, -0.15) is 0 Å². The van der Waals surface area contributed by atoms with Gasteiger partial charge in [0.25, 0.3) is 0 Å². The average molecular weight is 1250 g/mol. The second-order valence-electron chi connectivity index (χ2n) is 22.1. The van der Waals surface area contributed by atoms with Crippen LogP contribution in [0.1, 0.15) is 41.4 Å². The summed E-state index contributed by atoms with van der Waals surface area (Å²) >= 11 is 0. The first-order chi connectivity index (χ1) is 47.2. The molecular formula is C82H52N6O8. The molecule has 14 rings (SSSR count). The van der Waals surface area contributed by atoms with Gasteiger partial charge in [-0.25, -0.2) is 19.2 Å². The zero-order chi connectivity index (χ0) is 65.2. The Morgan fingerprint density at radius 3 is 0.677 bits per heavy atom. The number of ether oxygens (including phenoxy) is 4. The van der Waals surface area contributed by atoms with Gasteiger partial charge in [0.15, 0.2) is 0 Å². The standard InChI is InChI=1S/C82H52N6O8/c89-79(57-29-21-53(22-30-57)73-17-5-9-41-83-73)93-65-45-63(46-66(49-65)94-80(90)58-31-23-54(24-32-58)74-18-6-10-42-84-74)71-15-3-1-13-69(71)61-37-39-77(87-51-61)78-40-38-62(52-88-78)70-14-2-4-16-72(70)64-47-67(95-81(91)59-33-25-55(26-34-59)75-19-7-11-43-85-75)50-68(48-64)96-82(92)60-35-27-56(28-36-60)76-20-8-12-44-86-76/h1-52H. The molecule has 0 amide bonds. The molecule has 0 bridgehead atoms. The molecule has 0 spiro atoms. The molecule has 14 nitrogen and oxygen atoms in total. The van der Waals surface area contributed by atoms with Crippen LogP contribution in [0.15, 0.2) is 316 Å². The summed E-state index contributed by atoms with van der Waals surface area (Å²) in [4.78, 5) is 82.9. The topological polar surface area (TPSA) is 183 Å². The minimum atomic E-state index is -0.610. The zero-order valence-corrected chi connectivity index (χ0v) is 51.0. The van der Waals surface area contributed by atoms with E-state index in [9.17, 15) is 19.2 Å². The molecule has 14 aromatic rings. The van der Waals surface area contributed by atoms with Gasteiger partial charge in [-0.1, -0.05) is 133 Å². The van der Waals surface area contributed by atoms with Gasteiger partial charge in [0.2, 0.25) is 0 Å². The minimum Gasteiger partial charge on any atom is -0.423 e. The van der Waals surface area contributed by atoms with Crippen molar-refractivity contribution in [1.29, 1.82) is 0 Å². The number of carbonyl (C=O) groups excluding carboxylic acids is 4. The third-order valence-corrected chi connectivity index (χ3v) is 15.8. The number of esters is 4. The fourth-order valence-corrected chi connectivity index (χ4v) is 11.0. The Labute approximate surface area is 551 Å². The molecule has 6 heterocycles. The number of hydrogen-bond acceptors (Lipinski definition) is 14. The second-order valence-corrected chi connectivity index (χ2v) is 22.1. The van der Waals surface area contributed by atoms with E-state index in [0.29, 0.717) is 44.8 Å². The van der Waals surface area contributed by atoms with E-state index < -0.39 is 23.9 Å². The number of hydrogen-bond donors (Lipinski definition) is 0. The van der Waals surface area contributed by atoms with Crippen LogP contribution in [0.5, 0.6) is 23.0 Å². The molecular weight excluding hydrogens is 1200 g/mol. The predicted octanol–water partition coefficient (Wildman–Crippen LogP) is 17.9. The van der Waals surface area contributed by atoms with Crippen molar-refractivity contribution in [1.82, 2.24) is 29.9 Å². The van der Waals surface area contributed by atoms with Gasteiger partial charge < -0.3 is 18.9 Å². The van der Waals surface area contributed by atoms with Gasteiger partial charge in [0, 0.05) is 82.7 Å². The molecule has 0 unspecified atom stereocenters. The van der Waals surface area contributed by atoms with Gasteiger partial charge in [0.05, 0.1) is 56.4 Å². The summed E-state index contributed by atoms with van der Waals surface area (Å²) in [5.41, 5.74) is 14.7. The van der Waals surface area contributed by atoms with E-state index in [-0.39, 0.29) is 23.0 Å². The lowest BCUT2D eigenvalue weighted by molar-refractivity contribution is 0.0713.